The number of nitrogens with two attached hydrogens (primary N) is 1. The second-order valence-electron chi connectivity index (χ2n) is 4.82. The Morgan fingerprint density at radius 2 is 2.06 bits per heavy atom. The summed E-state index contributed by atoms with van der Waals surface area (Å²) < 4.78 is 5.57. The van der Waals surface area contributed by atoms with E-state index in [4.69, 9.17) is 10.5 Å². The number of benzene rings is 1. The lowest BCUT2D eigenvalue weighted by Gasteiger charge is -2.21. The van der Waals surface area contributed by atoms with E-state index in [1.54, 1.807) is 0 Å². The molecule has 0 bridgehead atoms. The van der Waals surface area contributed by atoms with Crippen molar-refractivity contribution in [3.63, 3.8) is 0 Å². The molecule has 0 heterocycles. The molecule has 0 saturated heterocycles. The molecular weight excluding hydrogens is 228 g/mol. The molecular formula is C14H24N2O2. The van der Waals surface area contributed by atoms with Gasteiger partial charge < -0.3 is 20.9 Å². The van der Waals surface area contributed by atoms with Gasteiger partial charge >= 0.3 is 0 Å². The van der Waals surface area contributed by atoms with Crippen LogP contribution in [0.1, 0.15) is 27.2 Å². The number of nitrogens with one attached hydrogen (secondary N) is 1. The third-order valence-electron chi connectivity index (χ3n) is 2.76. The van der Waals surface area contributed by atoms with Crippen LogP contribution in [0.4, 0.5) is 11.4 Å². The number of hydrogen-bond donors (Lipinski definition) is 3. The lowest BCUT2D eigenvalue weighted by Crippen LogP contribution is -2.29. The van der Waals surface area contributed by atoms with Crippen LogP contribution in [0.15, 0.2) is 18.2 Å². The van der Waals surface area contributed by atoms with Gasteiger partial charge in [0.05, 0.1) is 19.3 Å². The van der Waals surface area contributed by atoms with Gasteiger partial charge in [-0.15, -0.1) is 0 Å². The lowest BCUT2D eigenvalue weighted by molar-refractivity contribution is 0.249. The first kappa shape index (κ1) is 14.6. The van der Waals surface area contributed by atoms with Gasteiger partial charge in [-0.3, -0.25) is 0 Å². The zero-order chi connectivity index (χ0) is 13.5. The molecule has 0 radical (unpaired) electrons. The summed E-state index contributed by atoms with van der Waals surface area (Å²) >= 11 is 0. The van der Waals surface area contributed by atoms with E-state index in [0.29, 0.717) is 18.2 Å². The maximum absolute atomic E-state index is 9.31. The molecule has 1 rings (SSSR count). The molecule has 1 aromatic rings. The molecule has 0 aliphatic rings. The number of anilines is 2. The molecule has 0 amide bonds. The standard InChI is InChI=1S/C14H24N2O2/c1-4-5-18-13-7-11(15)6-12(8-13)16-14(9-17)10(2)3/h6-8,10,14,16-17H,4-5,9,15H2,1-3H3/t14-/m1/s1. The molecule has 1 aromatic carbocycles. The lowest BCUT2D eigenvalue weighted by atomic mass is 10.1. The largest absolute Gasteiger partial charge is 0.493 e. The van der Waals surface area contributed by atoms with Gasteiger partial charge in [0.25, 0.3) is 0 Å². The predicted molar refractivity (Wildman–Crippen MR) is 76.0 cm³/mol. The first-order valence-electron chi connectivity index (χ1n) is 6.47. The molecule has 0 fully saturated rings. The second-order valence-corrected chi connectivity index (χ2v) is 4.82. The van der Waals surface area contributed by atoms with Gasteiger partial charge in [0.1, 0.15) is 5.75 Å². The van der Waals surface area contributed by atoms with E-state index in [9.17, 15) is 5.11 Å². The van der Waals surface area contributed by atoms with Crippen molar-refractivity contribution in [1.82, 2.24) is 0 Å². The van der Waals surface area contributed by atoms with Crippen LogP contribution in [-0.2, 0) is 0 Å². The third kappa shape index (κ3) is 4.45. The summed E-state index contributed by atoms with van der Waals surface area (Å²) in [6.07, 6.45) is 0.961. The molecule has 4 N–H and O–H groups in total. The van der Waals surface area contributed by atoms with E-state index >= 15 is 0 Å². The van der Waals surface area contributed by atoms with Crippen LogP contribution in [0.5, 0.6) is 5.75 Å². The highest BCUT2D eigenvalue weighted by atomic mass is 16.5. The summed E-state index contributed by atoms with van der Waals surface area (Å²) in [5.41, 5.74) is 7.38. The summed E-state index contributed by atoms with van der Waals surface area (Å²) in [6, 6.07) is 5.59. The summed E-state index contributed by atoms with van der Waals surface area (Å²) in [4.78, 5) is 0. The smallest absolute Gasteiger partial charge is 0.123 e. The Balaban J connectivity index is 2.78. The third-order valence-corrected chi connectivity index (χ3v) is 2.76. The molecule has 0 spiro atoms. The van der Waals surface area contributed by atoms with Crippen molar-refractivity contribution in [2.45, 2.75) is 33.2 Å². The molecule has 0 aliphatic heterocycles. The molecule has 0 aromatic heterocycles. The van der Waals surface area contributed by atoms with E-state index in [1.165, 1.54) is 0 Å². The van der Waals surface area contributed by atoms with Gasteiger partial charge in [0, 0.05) is 23.5 Å². The van der Waals surface area contributed by atoms with Crippen LogP contribution < -0.4 is 15.8 Å². The number of ether oxygens (including phenoxy) is 1. The molecule has 0 aliphatic carbocycles. The number of aliphatic hydroxyl groups is 1. The summed E-state index contributed by atoms with van der Waals surface area (Å²) in [5.74, 6) is 1.11. The number of hydrogen-bond acceptors (Lipinski definition) is 4. The Morgan fingerprint density at radius 3 is 2.61 bits per heavy atom. The Labute approximate surface area is 109 Å². The zero-order valence-electron chi connectivity index (χ0n) is 11.4. The number of aliphatic hydroxyl groups excluding tert-OH is 1. The Kier molecular flexibility index (Phi) is 5.78. The fourth-order valence-corrected chi connectivity index (χ4v) is 1.65. The van der Waals surface area contributed by atoms with E-state index in [-0.39, 0.29) is 12.6 Å². The van der Waals surface area contributed by atoms with Crippen LogP contribution in [0, 0.1) is 5.92 Å². The zero-order valence-corrected chi connectivity index (χ0v) is 11.4. The normalized spacial score (nSPS) is 12.5. The molecule has 18 heavy (non-hydrogen) atoms. The van der Waals surface area contributed by atoms with Crippen molar-refractivity contribution in [1.29, 1.82) is 0 Å². The highest BCUT2D eigenvalue weighted by molar-refractivity contribution is 5.59. The monoisotopic (exact) mass is 252 g/mol. The van der Waals surface area contributed by atoms with Crippen molar-refractivity contribution in [3.8, 4) is 5.75 Å². The molecule has 4 nitrogen and oxygen atoms in total. The van der Waals surface area contributed by atoms with Gasteiger partial charge in [-0.2, -0.15) is 0 Å². The quantitative estimate of drug-likeness (QED) is 0.652. The average molecular weight is 252 g/mol. The molecule has 0 unspecified atom stereocenters. The van der Waals surface area contributed by atoms with Crippen molar-refractivity contribution in [3.05, 3.63) is 18.2 Å². The topological polar surface area (TPSA) is 67.5 Å². The first-order chi connectivity index (χ1) is 8.56. The molecule has 4 heteroatoms. The number of rotatable bonds is 7. The van der Waals surface area contributed by atoms with E-state index in [2.05, 4.69) is 26.1 Å². The van der Waals surface area contributed by atoms with Crippen molar-refractivity contribution < 1.29 is 9.84 Å². The summed E-state index contributed by atoms with van der Waals surface area (Å²) in [5, 5.41) is 12.6. The van der Waals surface area contributed by atoms with Gasteiger partial charge in [-0.1, -0.05) is 20.8 Å². The molecule has 1 atom stereocenters. The van der Waals surface area contributed by atoms with Crippen molar-refractivity contribution in [2.75, 3.05) is 24.3 Å². The minimum Gasteiger partial charge on any atom is -0.493 e. The van der Waals surface area contributed by atoms with E-state index in [0.717, 1.165) is 17.9 Å². The Morgan fingerprint density at radius 1 is 1.33 bits per heavy atom. The van der Waals surface area contributed by atoms with E-state index < -0.39 is 0 Å². The fraction of sp³-hybridized carbons (Fsp3) is 0.571. The second kappa shape index (κ2) is 7.11. The van der Waals surface area contributed by atoms with Gasteiger partial charge in [-0.05, 0) is 18.4 Å². The minimum atomic E-state index is 0.0193. The van der Waals surface area contributed by atoms with Crippen LogP contribution in [0.2, 0.25) is 0 Å². The van der Waals surface area contributed by atoms with Crippen LogP contribution in [0.3, 0.4) is 0 Å². The Hall–Kier alpha value is -1.42. The Bertz CT molecular complexity index is 367. The van der Waals surface area contributed by atoms with E-state index in [1.807, 2.05) is 18.2 Å². The molecule has 102 valence electrons. The van der Waals surface area contributed by atoms with Crippen molar-refractivity contribution >= 4 is 11.4 Å². The first-order valence-corrected chi connectivity index (χ1v) is 6.47. The van der Waals surface area contributed by atoms with Crippen LogP contribution in [-0.4, -0.2) is 24.4 Å². The van der Waals surface area contributed by atoms with Crippen LogP contribution >= 0.6 is 0 Å². The van der Waals surface area contributed by atoms with Gasteiger partial charge in [-0.25, -0.2) is 0 Å². The highest BCUT2D eigenvalue weighted by Gasteiger charge is 2.12. The van der Waals surface area contributed by atoms with Crippen LogP contribution in [0.25, 0.3) is 0 Å². The SMILES string of the molecule is CCCOc1cc(N)cc(N[C@H](CO)C(C)C)c1. The maximum Gasteiger partial charge on any atom is 0.123 e. The summed E-state index contributed by atoms with van der Waals surface area (Å²) in [6.45, 7) is 6.96. The highest BCUT2D eigenvalue weighted by Crippen LogP contribution is 2.24. The predicted octanol–water partition coefficient (Wildman–Crippen LogP) is 2.49. The van der Waals surface area contributed by atoms with Gasteiger partial charge in [0.2, 0.25) is 0 Å². The van der Waals surface area contributed by atoms with Gasteiger partial charge in [0.15, 0.2) is 0 Å². The maximum atomic E-state index is 9.31. The average Bonchev–Trinajstić information content (AvgIpc) is 2.32. The summed E-state index contributed by atoms with van der Waals surface area (Å²) in [7, 11) is 0. The number of nitrogen functional groups attached to an aromatic ring is 1. The fourth-order valence-electron chi connectivity index (χ4n) is 1.65. The minimum absolute atomic E-state index is 0.0193. The van der Waals surface area contributed by atoms with Crippen molar-refractivity contribution in [2.24, 2.45) is 5.92 Å². The molecule has 0 saturated carbocycles.